The largest absolute Gasteiger partial charge is 0.327 e. The second-order valence-electron chi connectivity index (χ2n) is 6.14. The van der Waals surface area contributed by atoms with Crippen molar-refractivity contribution >= 4 is 22.8 Å². The maximum atomic E-state index is 9.08. The first kappa shape index (κ1) is 14.5. The summed E-state index contributed by atoms with van der Waals surface area (Å²) >= 11 is 2.03. The molecule has 2 aromatic rings. The Balaban J connectivity index is 2.09. The second kappa shape index (κ2) is 6.11. The van der Waals surface area contributed by atoms with E-state index in [0.717, 1.165) is 12.1 Å². The van der Waals surface area contributed by atoms with Crippen molar-refractivity contribution in [3.8, 4) is 6.07 Å². The predicted molar refractivity (Wildman–Crippen MR) is 88.3 cm³/mol. The smallest absolute Gasteiger partial charge is 0.123 e. The van der Waals surface area contributed by atoms with Crippen molar-refractivity contribution in [2.24, 2.45) is 5.92 Å². The van der Waals surface area contributed by atoms with Crippen LogP contribution in [-0.4, -0.2) is 15.3 Å². The molecular weight excluding hydrogens is 278 g/mol. The van der Waals surface area contributed by atoms with Gasteiger partial charge >= 0.3 is 0 Å². The van der Waals surface area contributed by atoms with Crippen LogP contribution in [0.4, 0.5) is 0 Å². The van der Waals surface area contributed by atoms with Crippen LogP contribution in [0.5, 0.6) is 0 Å². The minimum Gasteiger partial charge on any atom is -0.327 e. The van der Waals surface area contributed by atoms with Crippen molar-refractivity contribution in [3.63, 3.8) is 0 Å². The van der Waals surface area contributed by atoms with Gasteiger partial charge < -0.3 is 4.57 Å². The van der Waals surface area contributed by atoms with E-state index >= 15 is 0 Å². The quantitative estimate of drug-likeness (QED) is 0.836. The van der Waals surface area contributed by atoms with Gasteiger partial charge in [0.1, 0.15) is 5.82 Å². The molecule has 2 heterocycles. The van der Waals surface area contributed by atoms with E-state index in [1.54, 1.807) is 0 Å². The van der Waals surface area contributed by atoms with Gasteiger partial charge in [0.2, 0.25) is 0 Å². The molecule has 1 aromatic carbocycles. The lowest BCUT2D eigenvalue weighted by molar-refractivity contribution is 0.508. The fourth-order valence-corrected chi connectivity index (χ4v) is 4.28. The van der Waals surface area contributed by atoms with E-state index in [9.17, 15) is 0 Å². The Morgan fingerprint density at radius 2 is 2.29 bits per heavy atom. The van der Waals surface area contributed by atoms with Crippen LogP contribution < -0.4 is 0 Å². The lowest BCUT2D eigenvalue weighted by Gasteiger charge is -2.22. The highest BCUT2D eigenvalue weighted by Crippen LogP contribution is 2.39. The normalized spacial score (nSPS) is 19.0. The zero-order chi connectivity index (χ0) is 14.8. The van der Waals surface area contributed by atoms with E-state index in [1.165, 1.54) is 36.4 Å². The molecule has 0 bridgehead atoms. The highest BCUT2D eigenvalue weighted by molar-refractivity contribution is 7.99. The number of hydrogen-bond acceptors (Lipinski definition) is 3. The average molecular weight is 299 g/mol. The van der Waals surface area contributed by atoms with Gasteiger partial charge in [0.25, 0.3) is 0 Å². The van der Waals surface area contributed by atoms with Crippen molar-refractivity contribution in [1.29, 1.82) is 5.26 Å². The molecule has 0 aliphatic carbocycles. The van der Waals surface area contributed by atoms with Crippen LogP contribution in [0, 0.1) is 17.2 Å². The fraction of sp³-hybridized carbons (Fsp3) is 0.529. The maximum absolute atomic E-state index is 9.08. The van der Waals surface area contributed by atoms with Crippen LogP contribution >= 0.6 is 11.8 Å². The monoisotopic (exact) mass is 299 g/mol. The van der Waals surface area contributed by atoms with Gasteiger partial charge in [0.15, 0.2) is 0 Å². The first-order valence-corrected chi connectivity index (χ1v) is 8.76. The molecule has 1 aromatic heterocycles. The van der Waals surface area contributed by atoms with E-state index in [0.29, 0.717) is 16.7 Å². The summed E-state index contributed by atoms with van der Waals surface area (Å²) in [4.78, 5) is 4.89. The summed E-state index contributed by atoms with van der Waals surface area (Å²) in [6.45, 7) is 5.48. The van der Waals surface area contributed by atoms with Crippen molar-refractivity contribution in [2.75, 3.05) is 5.75 Å². The van der Waals surface area contributed by atoms with Crippen LogP contribution in [0.2, 0.25) is 0 Å². The first-order valence-electron chi connectivity index (χ1n) is 7.71. The molecule has 1 unspecified atom stereocenters. The zero-order valence-electron chi connectivity index (χ0n) is 12.7. The summed E-state index contributed by atoms with van der Waals surface area (Å²) in [5.41, 5.74) is 2.83. The Kier molecular flexibility index (Phi) is 4.21. The molecule has 21 heavy (non-hydrogen) atoms. The molecule has 4 heteroatoms. The van der Waals surface area contributed by atoms with Gasteiger partial charge in [0, 0.05) is 6.54 Å². The first-order chi connectivity index (χ1) is 10.2. The number of benzene rings is 1. The number of hydrogen-bond donors (Lipinski definition) is 0. The van der Waals surface area contributed by atoms with Crippen molar-refractivity contribution < 1.29 is 0 Å². The molecular formula is C17H21N3S. The van der Waals surface area contributed by atoms with Crippen LogP contribution in [0.25, 0.3) is 11.0 Å². The lowest BCUT2D eigenvalue weighted by Crippen LogP contribution is -2.13. The van der Waals surface area contributed by atoms with Crippen molar-refractivity contribution in [1.82, 2.24) is 9.55 Å². The van der Waals surface area contributed by atoms with E-state index in [4.69, 9.17) is 10.2 Å². The molecule has 3 nitrogen and oxygen atoms in total. The van der Waals surface area contributed by atoms with Gasteiger partial charge in [-0.3, -0.25) is 0 Å². The van der Waals surface area contributed by atoms with Crippen LogP contribution in [0.15, 0.2) is 18.2 Å². The van der Waals surface area contributed by atoms with E-state index in [2.05, 4.69) is 30.6 Å². The SMILES string of the molecule is CC(C)Cn1c(C2CCCCS2)nc2cc(C#N)ccc21. The van der Waals surface area contributed by atoms with Crippen molar-refractivity contribution in [2.45, 2.75) is 44.9 Å². The number of fused-ring (bicyclic) bond motifs is 1. The summed E-state index contributed by atoms with van der Waals surface area (Å²) < 4.78 is 2.38. The molecule has 0 radical (unpaired) electrons. The third-order valence-corrected chi connectivity index (χ3v) is 5.30. The van der Waals surface area contributed by atoms with Gasteiger partial charge in [0.05, 0.1) is 27.9 Å². The Morgan fingerprint density at radius 3 is 2.95 bits per heavy atom. The number of aromatic nitrogens is 2. The number of nitrogens with zero attached hydrogens (tertiary/aromatic N) is 3. The number of rotatable bonds is 3. The molecule has 1 aliphatic rings. The van der Waals surface area contributed by atoms with Crippen molar-refractivity contribution in [3.05, 3.63) is 29.6 Å². The topological polar surface area (TPSA) is 41.6 Å². The average Bonchev–Trinajstić information content (AvgIpc) is 2.85. The Morgan fingerprint density at radius 1 is 1.43 bits per heavy atom. The minimum absolute atomic E-state index is 0.510. The second-order valence-corrected chi connectivity index (χ2v) is 7.46. The molecule has 1 saturated heterocycles. The summed E-state index contributed by atoms with van der Waals surface area (Å²) in [6, 6.07) is 8.09. The number of nitriles is 1. The molecule has 1 fully saturated rings. The van der Waals surface area contributed by atoms with Crippen LogP contribution in [0.3, 0.4) is 0 Å². The summed E-state index contributed by atoms with van der Waals surface area (Å²) in [7, 11) is 0. The lowest BCUT2D eigenvalue weighted by atomic mass is 10.1. The van der Waals surface area contributed by atoms with Gasteiger partial charge in [-0.15, -0.1) is 0 Å². The highest BCUT2D eigenvalue weighted by atomic mass is 32.2. The summed E-state index contributed by atoms with van der Waals surface area (Å²) in [5, 5.41) is 9.59. The Bertz CT molecular complexity index is 675. The third kappa shape index (κ3) is 2.94. The molecule has 0 spiro atoms. The van der Waals surface area contributed by atoms with Gasteiger partial charge in [-0.05, 0) is 42.7 Å². The summed E-state index contributed by atoms with van der Waals surface area (Å²) in [5.74, 6) is 3.03. The van der Waals surface area contributed by atoms with Crippen LogP contribution in [-0.2, 0) is 6.54 Å². The standard InChI is InChI=1S/C17H21N3S/c1-12(2)11-20-15-7-6-13(10-18)9-14(15)19-17(20)16-5-3-4-8-21-16/h6-7,9,12,16H,3-5,8,11H2,1-2H3. The Labute approximate surface area is 130 Å². The zero-order valence-corrected chi connectivity index (χ0v) is 13.5. The van der Waals surface area contributed by atoms with Gasteiger partial charge in [-0.1, -0.05) is 20.3 Å². The van der Waals surface area contributed by atoms with Gasteiger partial charge in [-0.25, -0.2) is 4.98 Å². The molecule has 3 rings (SSSR count). The molecule has 1 atom stereocenters. The predicted octanol–water partition coefficient (Wildman–Crippen LogP) is 4.52. The summed E-state index contributed by atoms with van der Waals surface area (Å²) in [6.07, 6.45) is 3.84. The van der Waals surface area contributed by atoms with Gasteiger partial charge in [-0.2, -0.15) is 17.0 Å². The Hall–Kier alpha value is -1.47. The molecule has 0 saturated carbocycles. The number of thioether (sulfide) groups is 1. The molecule has 0 amide bonds. The number of imidazole rings is 1. The van der Waals surface area contributed by atoms with E-state index in [1.807, 2.05) is 23.9 Å². The third-order valence-electron chi connectivity index (χ3n) is 3.92. The highest BCUT2D eigenvalue weighted by Gasteiger charge is 2.23. The van der Waals surface area contributed by atoms with E-state index < -0.39 is 0 Å². The molecule has 110 valence electrons. The maximum Gasteiger partial charge on any atom is 0.123 e. The molecule has 1 aliphatic heterocycles. The van der Waals surface area contributed by atoms with E-state index in [-0.39, 0.29) is 0 Å². The molecule has 0 N–H and O–H groups in total. The minimum atomic E-state index is 0.510. The fourth-order valence-electron chi connectivity index (χ4n) is 2.97. The van der Waals surface area contributed by atoms with Crippen LogP contribution in [0.1, 0.15) is 49.7 Å².